The highest BCUT2D eigenvalue weighted by Gasteiger charge is 2.23. The second-order valence-corrected chi connectivity index (χ2v) is 6.48. The minimum atomic E-state index is -1.04. The lowest BCUT2D eigenvalue weighted by molar-refractivity contribution is 0.0325. The average molecular weight is 334 g/mol. The Balaban J connectivity index is 2.10. The SMILES string of the molecule is Cc1cc(C(=O)NCC(C)(O)CN(C)C)nn1-c1cccc(F)c1. The summed E-state index contributed by atoms with van der Waals surface area (Å²) >= 11 is 0. The minimum Gasteiger partial charge on any atom is -0.387 e. The van der Waals surface area contributed by atoms with Crippen LogP contribution < -0.4 is 5.32 Å². The van der Waals surface area contributed by atoms with Crippen LogP contribution in [0.5, 0.6) is 0 Å². The molecular formula is C17H23FN4O2. The van der Waals surface area contributed by atoms with E-state index in [-0.39, 0.29) is 24.0 Å². The molecule has 0 saturated heterocycles. The molecule has 0 aliphatic carbocycles. The van der Waals surface area contributed by atoms with Gasteiger partial charge in [0.1, 0.15) is 5.82 Å². The Labute approximate surface area is 140 Å². The van der Waals surface area contributed by atoms with Gasteiger partial charge in [-0.25, -0.2) is 9.07 Å². The molecule has 0 saturated carbocycles. The smallest absolute Gasteiger partial charge is 0.271 e. The molecule has 1 atom stereocenters. The van der Waals surface area contributed by atoms with E-state index in [9.17, 15) is 14.3 Å². The average Bonchev–Trinajstić information content (AvgIpc) is 2.85. The first-order chi connectivity index (χ1) is 11.2. The minimum absolute atomic E-state index is 0.107. The molecule has 1 amide bonds. The van der Waals surface area contributed by atoms with Crippen LogP contribution >= 0.6 is 0 Å². The van der Waals surface area contributed by atoms with Crippen LogP contribution in [0.15, 0.2) is 30.3 Å². The number of aliphatic hydroxyl groups is 1. The van der Waals surface area contributed by atoms with Crippen LogP contribution in [0.25, 0.3) is 5.69 Å². The van der Waals surface area contributed by atoms with Crippen molar-refractivity contribution in [3.8, 4) is 5.69 Å². The van der Waals surface area contributed by atoms with Gasteiger partial charge in [0.2, 0.25) is 0 Å². The molecule has 0 fully saturated rings. The zero-order valence-electron chi connectivity index (χ0n) is 14.4. The molecule has 1 heterocycles. The molecule has 2 aromatic rings. The van der Waals surface area contributed by atoms with Gasteiger partial charge in [0.15, 0.2) is 5.69 Å². The fraction of sp³-hybridized carbons (Fsp3) is 0.412. The molecule has 130 valence electrons. The zero-order valence-corrected chi connectivity index (χ0v) is 14.4. The highest BCUT2D eigenvalue weighted by Crippen LogP contribution is 2.13. The molecule has 0 aliphatic rings. The number of aryl methyl sites for hydroxylation is 1. The van der Waals surface area contributed by atoms with E-state index in [0.29, 0.717) is 17.9 Å². The Bertz CT molecular complexity index is 725. The van der Waals surface area contributed by atoms with E-state index in [1.54, 1.807) is 32.0 Å². The molecule has 7 heteroatoms. The van der Waals surface area contributed by atoms with Gasteiger partial charge in [0.05, 0.1) is 11.3 Å². The second kappa shape index (κ2) is 7.11. The zero-order chi connectivity index (χ0) is 17.9. The number of halogens is 1. The lowest BCUT2D eigenvalue weighted by atomic mass is 10.1. The lowest BCUT2D eigenvalue weighted by Crippen LogP contribution is -2.47. The van der Waals surface area contributed by atoms with Crippen LogP contribution in [0.1, 0.15) is 23.1 Å². The summed E-state index contributed by atoms with van der Waals surface area (Å²) in [6.45, 7) is 3.97. The van der Waals surface area contributed by atoms with Gasteiger partial charge >= 0.3 is 0 Å². The molecule has 0 bridgehead atoms. The van der Waals surface area contributed by atoms with Crippen molar-refractivity contribution in [2.24, 2.45) is 0 Å². The van der Waals surface area contributed by atoms with E-state index in [0.717, 1.165) is 0 Å². The van der Waals surface area contributed by atoms with Gasteiger partial charge in [-0.1, -0.05) is 6.07 Å². The topological polar surface area (TPSA) is 70.4 Å². The molecule has 0 spiro atoms. The van der Waals surface area contributed by atoms with Crippen LogP contribution in [0, 0.1) is 12.7 Å². The third-order valence-corrected chi connectivity index (χ3v) is 3.46. The number of benzene rings is 1. The molecule has 24 heavy (non-hydrogen) atoms. The maximum Gasteiger partial charge on any atom is 0.271 e. The van der Waals surface area contributed by atoms with E-state index in [1.165, 1.54) is 16.8 Å². The third kappa shape index (κ3) is 4.62. The van der Waals surface area contributed by atoms with Gasteiger partial charge in [0, 0.05) is 18.8 Å². The summed E-state index contributed by atoms with van der Waals surface area (Å²) in [6.07, 6.45) is 0. The number of carbonyl (C=O) groups excluding carboxylic acids is 1. The van der Waals surface area contributed by atoms with Crippen molar-refractivity contribution >= 4 is 5.91 Å². The van der Waals surface area contributed by atoms with Crippen LogP contribution in [0.2, 0.25) is 0 Å². The van der Waals surface area contributed by atoms with Gasteiger partial charge < -0.3 is 15.3 Å². The van der Waals surface area contributed by atoms with Crippen LogP contribution in [-0.4, -0.2) is 58.5 Å². The predicted molar refractivity (Wildman–Crippen MR) is 89.8 cm³/mol. The Kier molecular flexibility index (Phi) is 5.36. The van der Waals surface area contributed by atoms with Gasteiger partial charge in [-0.2, -0.15) is 5.10 Å². The van der Waals surface area contributed by atoms with Crippen LogP contribution in [0.4, 0.5) is 4.39 Å². The van der Waals surface area contributed by atoms with Crippen molar-refractivity contribution in [1.29, 1.82) is 0 Å². The van der Waals surface area contributed by atoms with Gasteiger partial charge in [0.25, 0.3) is 5.91 Å². The molecule has 2 rings (SSSR count). The Hall–Kier alpha value is -2.25. The number of aromatic nitrogens is 2. The summed E-state index contributed by atoms with van der Waals surface area (Å²) in [5.74, 6) is -0.750. The molecule has 1 unspecified atom stereocenters. The number of carbonyl (C=O) groups is 1. The standard InChI is InChI=1S/C17H23FN4O2/c1-12-8-15(16(23)19-10-17(2,24)11-21(3)4)20-22(12)14-7-5-6-13(18)9-14/h5-9,24H,10-11H2,1-4H3,(H,19,23). The van der Waals surface area contributed by atoms with E-state index < -0.39 is 5.60 Å². The third-order valence-electron chi connectivity index (χ3n) is 3.46. The number of nitrogens with one attached hydrogen (secondary N) is 1. The summed E-state index contributed by atoms with van der Waals surface area (Å²) in [5.41, 5.74) is 0.439. The first kappa shape index (κ1) is 18.1. The fourth-order valence-corrected chi connectivity index (χ4v) is 2.55. The summed E-state index contributed by atoms with van der Waals surface area (Å²) in [4.78, 5) is 14.1. The number of nitrogens with zero attached hydrogens (tertiary/aromatic N) is 3. The van der Waals surface area contributed by atoms with Crippen molar-refractivity contribution in [1.82, 2.24) is 20.0 Å². The van der Waals surface area contributed by atoms with Gasteiger partial charge in [-0.3, -0.25) is 4.79 Å². The number of rotatable bonds is 6. The van der Waals surface area contributed by atoms with Crippen molar-refractivity contribution in [2.45, 2.75) is 19.4 Å². The predicted octanol–water partition coefficient (Wildman–Crippen LogP) is 1.36. The maximum absolute atomic E-state index is 13.4. The Morgan fingerprint density at radius 3 is 2.75 bits per heavy atom. The molecule has 6 nitrogen and oxygen atoms in total. The Morgan fingerprint density at radius 1 is 1.42 bits per heavy atom. The highest BCUT2D eigenvalue weighted by molar-refractivity contribution is 5.92. The summed E-state index contributed by atoms with van der Waals surface area (Å²) in [7, 11) is 3.70. The Morgan fingerprint density at radius 2 is 2.12 bits per heavy atom. The number of hydrogen-bond acceptors (Lipinski definition) is 4. The summed E-state index contributed by atoms with van der Waals surface area (Å²) in [5, 5.41) is 17.1. The van der Waals surface area contributed by atoms with E-state index >= 15 is 0 Å². The number of likely N-dealkylation sites (N-methyl/N-ethyl adjacent to an activating group) is 1. The van der Waals surface area contributed by atoms with Crippen molar-refractivity contribution in [3.05, 3.63) is 47.5 Å². The largest absolute Gasteiger partial charge is 0.387 e. The van der Waals surface area contributed by atoms with E-state index in [2.05, 4.69) is 10.4 Å². The normalized spacial score (nSPS) is 13.8. The molecule has 0 aliphatic heterocycles. The van der Waals surface area contributed by atoms with Crippen molar-refractivity contribution in [3.63, 3.8) is 0 Å². The van der Waals surface area contributed by atoms with Crippen LogP contribution in [0.3, 0.4) is 0 Å². The molecule has 0 radical (unpaired) electrons. The van der Waals surface area contributed by atoms with Crippen LogP contribution in [-0.2, 0) is 0 Å². The lowest BCUT2D eigenvalue weighted by Gasteiger charge is -2.26. The summed E-state index contributed by atoms with van der Waals surface area (Å²) < 4.78 is 14.9. The van der Waals surface area contributed by atoms with Gasteiger partial charge in [-0.15, -0.1) is 0 Å². The van der Waals surface area contributed by atoms with Crippen molar-refractivity contribution in [2.75, 3.05) is 27.2 Å². The highest BCUT2D eigenvalue weighted by atomic mass is 19.1. The molecule has 2 N–H and O–H groups in total. The molecule has 1 aromatic heterocycles. The van der Waals surface area contributed by atoms with E-state index in [1.807, 2.05) is 19.0 Å². The monoisotopic (exact) mass is 334 g/mol. The van der Waals surface area contributed by atoms with E-state index in [4.69, 9.17) is 0 Å². The number of hydrogen-bond donors (Lipinski definition) is 2. The van der Waals surface area contributed by atoms with Gasteiger partial charge in [-0.05, 0) is 52.2 Å². The first-order valence-corrected chi connectivity index (χ1v) is 7.66. The van der Waals surface area contributed by atoms with Crippen molar-refractivity contribution < 1.29 is 14.3 Å². The number of amides is 1. The molecular weight excluding hydrogens is 311 g/mol. The summed E-state index contributed by atoms with van der Waals surface area (Å²) in [6, 6.07) is 7.63. The molecule has 1 aromatic carbocycles. The fourth-order valence-electron chi connectivity index (χ4n) is 2.55. The second-order valence-electron chi connectivity index (χ2n) is 6.48. The maximum atomic E-state index is 13.4. The quantitative estimate of drug-likeness (QED) is 0.837. The first-order valence-electron chi connectivity index (χ1n) is 7.66.